The second kappa shape index (κ2) is 6.67. The summed E-state index contributed by atoms with van der Waals surface area (Å²) in [7, 11) is 1.74. The third-order valence-electron chi connectivity index (χ3n) is 2.94. The molecule has 1 amide bonds. The molecule has 0 radical (unpaired) electrons. The van der Waals surface area contributed by atoms with Crippen molar-refractivity contribution in [3.05, 3.63) is 51.9 Å². The van der Waals surface area contributed by atoms with Gasteiger partial charge in [0.05, 0.1) is 5.69 Å². The van der Waals surface area contributed by atoms with E-state index in [1.54, 1.807) is 25.2 Å². The number of nitrogens with one attached hydrogen (secondary N) is 2. The molecule has 0 aliphatic rings. The molecule has 0 saturated carbocycles. The maximum atomic E-state index is 13.2. The highest BCUT2D eigenvalue weighted by molar-refractivity contribution is 9.10. The van der Waals surface area contributed by atoms with Crippen molar-refractivity contribution >= 4 is 33.3 Å². The predicted octanol–water partition coefficient (Wildman–Crippen LogP) is 3.84. The van der Waals surface area contributed by atoms with E-state index in [2.05, 4.69) is 31.5 Å². The minimum atomic E-state index is -0.409. The summed E-state index contributed by atoms with van der Waals surface area (Å²) < 4.78 is 13.9. The summed E-state index contributed by atoms with van der Waals surface area (Å²) >= 11 is 3.28. The second-order valence-corrected chi connectivity index (χ2v) is 5.27. The molecule has 2 N–H and O–H groups in total. The summed E-state index contributed by atoms with van der Waals surface area (Å²) in [6.07, 6.45) is 0.722. The largest absolute Gasteiger partial charge is 0.373 e. The number of hydrogen-bond acceptors (Lipinski definition) is 3. The van der Waals surface area contributed by atoms with Gasteiger partial charge in [0, 0.05) is 22.8 Å². The Morgan fingerprint density at radius 3 is 2.76 bits per heavy atom. The zero-order chi connectivity index (χ0) is 15.4. The van der Waals surface area contributed by atoms with Crippen molar-refractivity contribution in [3.8, 4) is 0 Å². The molecule has 1 aromatic heterocycles. The van der Waals surface area contributed by atoms with Crippen LogP contribution in [0.5, 0.6) is 0 Å². The lowest BCUT2D eigenvalue weighted by molar-refractivity contribution is 0.102. The van der Waals surface area contributed by atoms with Crippen molar-refractivity contribution in [2.75, 3.05) is 17.7 Å². The maximum absolute atomic E-state index is 13.2. The first-order valence-corrected chi connectivity index (χ1v) is 7.28. The van der Waals surface area contributed by atoms with E-state index in [1.807, 2.05) is 6.92 Å². The van der Waals surface area contributed by atoms with Gasteiger partial charge in [0.1, 0.15) is 11.6 Å². The van der Waals surface area contributed by atoms with E-state index < -0.39 is 5.82 Å². The molecule has 2 rings (SSSR count). The number of anilines is 2. The van der Waals surface area contributed by atoms with Gasteiger partial charge < -0.3 is 10.6 Å². The highest BCUT2D eigenvalue weighted by atomic mass is 79.9. The van der Waals surface area contributed by atoms with Gasteiger partial charge in [0.15, 0.2) is 0 Å². The third-order valence-corrected chi connectivity index (χ3v) is 3.63. The van der Waals surface area contributed by atoms with E-state index in [1.165, 1.54) is 12.1 Å². The topological polar surface area (TPSA) is 54.0 Å². The van der Waals surface area contributed by atoms with Crippen molar-refractivity contribution in [3.63, 3.8) is 0 Å². The van der Waals surface area contributed by atoms with Crippen molar-refractivity contribution in [2.45, 2.75) is 13.3 Å². The molecule has 4 nitrogen and oxygen atoms in total. The third kappa shape index (κ3) is 3.78. The molecular weight excluding hydrogens is 337 g/mol. The number of aromatic nitrogens is 1. The zero-order valence-corrected chi connectivity index (χ0v) is 13.3. The fraction of sp³-hybridized carbons (Fsp3) is 0.200. The molecular formula is C15H15BrFN3O. The van der Waals surface area contributed by atoms with E-state index >= 15 is 0 Å². The van der Waals surface area contributed by atoms with E-state index in [-0.39, 0.29) is 5.91 Å². The molecule has 0 aliphatic carbocycles. The molecule has 0 spiro atoms. The van der Waals surface area contributed by atoms with Crippen LogP contribution in [-0.2, 0) is 6.42 Å². The highest BCUT2D eigenvalue weighted by Gasteiger charge is 2.11. The monoisotopic (exact) mass is 351 g/mol. The van der Waals surface area contributed by atoms with Crippen LogP contribution in [0.4, 0.5) is 15.9 Å². The van der Waals surface area contributed by atoms with Crippen molar-refractivity contribution in [1.29, 1.82) is 0 Å². The zero-order valence-electron chi connectivity index (χ0n) is 11.7. The first-order chi connectivity index (χ1) is 10.0. The lowest BCUT2D eigenvalue weighted by Gasteiger charge is -2.10. The SMILES string of the molecule is CCc1cc(C(=O)Nc2cc(F)ccc2Br)cc(NC)n1. The molecule has 0 aliphatic heterocycles. The smallest absolute Gasteiger partial charge is 0.255 e. The minimum absolute atomic E-state index is 0.310. The molecule has 1 aromatic carbocycles. The van der Waals surface area contributed by atoms with Crippen LogP contribution in [-0.4, -0.2) is 17.9 Å². The molecule has 2 aromatic rings. The number of carbonyl (C=O) groups excluding carboxylic acids is 1. The molecule has 0 unspecified atom stereocenters. The second-order valence-electron chi connectivity index (χ2n) is 4.41. The molecule has 0 atom stereocenters. The minimum Gasteiger partial charge on any atom is -0.373 e. The number of pyridine rings is 1. The fourth-order valence-corrected chi connectivity index (χ4v) is 2.16. The number of aryl methyl sites for hydroxylation is 1. The van der Waals surface area contributed by atoms with Crippen LogP contribution in [0.3, 0.4) is 0 Å². The van der Waals surface area contributed by atoms with Crippen molar-refractivity contribution in [1.82, 2.24) is 4.98 Å². The number of carbonyl (C=O) groups is 1. The van der Waals surface area contributed by atoms with E-state index in [0.717, 1.165) is 12.1 Å². The molecule has 0 bridgehead atoms. The van der Waals surface area contributed by atoms with Gasteiger partial charge in [-0.05, 0) is 52.7 Å². The Balaban J connectivity index is 2.29. The fourth-order valence-electron chi connectivity index (χ4n) is 1.82. The van der Waals surface area contributed by atoms with Crippen molar-refractivity contribution in [2.24, 2.45) is 0 Å². The summed E-state index contributed by atoms with van der Waals surface area (Å²) in [4.78, 5) is 16.6. The number of rotatable bonds is 4. The van der Waals surface area contributed by atoms with Crippen LogP contribution >= 0.6 is 15.9 Å². The summed E-state index contributed by atoms with van der Waals surface area (Å²) in [5.41, 5.74) is 1.67. The van der Waals surface area contributed by atoms with Gasteiger partial charge >= 0.3 is 0 Å². The normalized spacial score (nSPS) is 10.3. The van der Waals surface area contributed by atoms with Gasteiger partial charge in [0.2, 0.25) is 0 Å². The first kappa shape index (κ1) is 15.4. The predicted molar refractivity (Wildman–Crippen MR) is 85.2 cm³/mol. The van der Waals surface area contributed by atoms with Crippen LogP contribution in [0.15, 0.2) is 34.8 Å². The van der Waals surface area contributed by atoms with E-state index in [4.69, 9.17) is 0 Å². The van der Waals surface area contributed by atoms with E-state index in [9.17, 15) is 9.18 Å². The molecule has 21 heavy (non-hydrogen) atoms. The van der Waals surface area contributed by atoms with Crippen LogP contribution in [0.25, 0.3) is 0 Å². The first-order valence-electron chi connectivity index (χ1n) is 6.48. The lowest BCUT2D eigenvalue weighted by Crippen LogP contribution is -2.14. The van der Waals surface area contributed by atoms with Crippen LogP contribution < -0.4 is 10.6 Å². The van der Waals surface area contributed by atoms with Crippen molar-refractivity contribution < 1.29 is 9.18 Å². The summed E-state index contributed by atoms with van der Waals surface area (Å²) in [5, 5.41) is 5.61. The quantitative estimate of drug-likeness (QED) is 0.879. The van der Waals surface area contributed by atoms with Gasteiger partial charge in [-0.15, -0.1) is 0 Å². The van der Waals surface area contributed by atoms with Gasteiger partial charge in [0.25, 0.3) is 5.91 Å². The lowest BCUT2D eigenvalue weighted by atomic mass is 10.1. The van der Waals surface area contributed by atoms with Gasteiger partial charge in [-0.2, -0.15) is 0 Å². The summed E-state index contributed by atoms with van der Waals surface area (Å²) in [5.74, 6) is -0.0962. The van der Waals surface area contributed by atoms with Gasteiger partial charge in [-0.3, -0.25) is 4.79 Å². The molecule has 1 heterocycles. The summed E-state index contributed by atoms with van der Waals surface area (Å²) in [6.45, 7) is 1.96. The molecule has 6 heteroatoms. The van der Waals surface area contributed by atoms with Gasteiger partial charge in [-0.25, -0.2) is 9.37 Å². The number of benzene rings is 1. The Hall–Kier alpha value is -1.95. The number of halogens is 2. The Kier molecular flexibility index (Phi) is 4.90. The number of hydrogen-bond donors (Lipinski definition) is 2. The maximum Gasteiger partial charge on any atom is 0.255 e. The molecule has 0 fully saturated rings. The van der Waals surface area contributed by atoms with Crippen LogP contribution in [0.1, 0.15) is 23.0 Å². The number of nitrogens with zero attached hydrogens (tertiary/aromatic N) is 1. The van der Waals surface area contributed by atoms with E-state index in [0.29, 0.717) is 21.5 Å². The number of amides is 1. The standard InChI is InChI=1S/C15H15BrFN3O/c1-3-11-6-9(7-14(18-2)19-11)15(21)20-13-8-10(17)4-5-12(13)16/h4-8H,3H2,1-2H3,(H,18,19)(H,20,21). The average Bonchev–Trinajstić information content (AvgIpc) is 2.50. The Morgan fingerprint density at radius 1 is 1.33 bits per heavy atom. The van der Waals surface area contributed by atoms with Crippen LogP contribution in [0.2, 0.25) is 0 Å². The summed E-state index contributed by atoms with van der Waals surface area (Å²) in [6, 6.07) is 7.52. The van der Waals surface area contributed by atoms with Gasteiger partial charge in [-0.1, -0.05) is 6.92 Å². The Labute approximate surface area is 130 Å². The Morgan fingerprint density at radius 2 is 2.10 bits per heavy atom. The Bertz CT molecular complexity index is 654. The molecule has 110 valence electrons. The van der Waals surface area contributed by atoms with Crippen LogP contribution in [0, 0.1) is 5.82 Å². The highest BCUT2D eigenvalue weighted by Crippen LogP contribution is 2.24. The molecule has 0 saturated heterocycles. The average molecular weight is 352 g/mol.